The van der Waals surface area contributed by atoms with E-state index in [0.29, 0.717) is 10.7 Å². The maximum absolute atomic E-state index is 4.59. The van der Waals surface area contributed by atoms with E-state index in [1.165, 1.54) is 46.7 Å². The largest absolute Gasteiger partial charge is 0.341 e. The lowest BCUT2D eigenvalue weighted by Gasteiger charge is -2.39. The molecule has 0 saturated carbocycles. The van der Waals surface area contributed by atoms with Crippen LogP contribution in [0.5, 0.6) is 0 Å². The van der Waals surface area contributed by atoms with Crippen molar-refractivity contribution in [2.45, 2.75) is 31.0 Å². The predicted octanol–water partition coefficient (Wildman–Crippen LogP) is 4.88. The van der Waals surface area contributed by atoms with Gasteiger partial charge in [-0.15, -0.1) is 0 Å². The molecular weight excluding hydrogens is 430 g/mol. The van der Waals surface area contributed by atoms with E-state index in [-0.39, 0.29) is 0 Å². The SMILES string of the molecule is CC1CCC(Br)C2=C1N1CC=NC(Br)=C1c1cccc3c1N2CC3. The third-order valence-electron chi connectivity index (χ3n) is 5.64. The minimum atomic E-state index is 0.430. The standard InChI is InChI=1S/C19H19Br2N3/c1-11-5-6-14(20)18-15(11)24-10-8-22-19(21)17(24)13-4-2-3-12-7-9-23(18)16(12)13/h2-4,8,11,14H,5-7,9-10H2,1H3. The van der Waals surface area contributed by atoms with E-state index in [4.69, 9.17) is 0 Å². The average molecular weight is 449 g/mol. The lowest BCUT2D eigenvalue weighted by molar-refractivity contribution is 0.406. The molecule has 0 N–H and O–H groups in total. The first-order valence-electron chi connectivity index (χ1n) is 8.64. The highest BCUT2D eigenvalue weighted by Crippen LogP contribution is 2.51. The van der Waals surface area contributed by atoms with E-state index >= 15 is 0 Å². The molecule has 5 rings (SSSR count). The first-order valence-corrected chi connectivity index (χ1v) is 10.4. The summed E-state index contributed by atoms with van der Waals surface area (Å²) < 4.78 is 0.951. The number of rotatable bonds is 0. The summed E-state index contributed by atoms with van der Waals surface area (Å²) in [5, 5.41) is 0. The second-order valence-electron chi connectivity index (χ2n) is 6.99. The molecule has 4 aliphatic rings. The molecule has 0 spiro atoms. The van der Waals surface area contributed by atoms with Crippen LogP contribution in [0.4, 0.5) is 5.69 Å². The van der Waals surface area contributed by atoms with Gasteiger partial charge in [0.15, 0.2) is 0 Å². The summed E-state index contributed by atoms with van der Waals surface area (Å²) in [4.78, 5) is 10.1. The minimum Gasteiger partial charge on any atom is -0.341 e. The summed E-state index contributed by atoms with van der Waals surface area (Å²) in [6.45, 7) is 4.31. The van der Waals surface area contributed by atoms with Gasteiger partial charge in [0.1, 0.15) is 4.61 Å². The lowest BCUT2D eigenvalue weighted by atomic mass is 9.89. The van der Waals surface area contributed by atoms with Crippen LogP contribution in [-0.4, -0.2) is 29.0 Å². The second-order valence-corrected chi connectivity index (χ2v) is 8.85. The molecular formula is C19H19Br2N3. The Morgan fingerprint density at radius 3 is 2.92 bits per heavy atom. The molecule has 0 amide bonds. The van der Waals surface area contributed by atoms with Gasteiger partial charge in [-0.1, -0.05) is 41.1 Å². The maximum atomic E-state index is 4.59. The average Bonchev–Trinajstić information content (AvgIpc) is 2.94. The molecule has 3 aliphatic heterocycles. The molecule has 0 bridgehead atoms. The van der Waals surface area contributed by atoms with Crippen LogP contribution in [-0.2, 0) is 6.42 Å². The molecule has 3 nitrogen and oxygen atoms in total. The van der Waals surface area contributed by atoms with Gasteiger partial charge in [0.2, 0.25) is 0 Å². The zero-order valence-corrected chi connectivity index (χ0v) is 16.8. The number of allylic oxidation sites excluding steroid dienone is 2. The monoisotopic (exact) mass is 447 g/mol. The Labute approximate surface area is 159 Å². The van der Waals surface area contributed by atoms with Gasteiger partial charge < -0.3 is 9.80 Å². The quantitative estimate of drug-likeness (QED) is 0.416. The van der Waals surface area contributed by atoms with Gasteiger partial charge in [-0.25, -0.2) is 4.99 Å². The van der Waals surface area contributed by atoms with Crippen LogP contribution >= 0.6 is 31.9 Å². The topological polar surface area (TPSA) is 18.8 Å². The van der Waals surface area contributed by atoms with Crippen molar-refractivity contribution in [3.63, 3.8) is 0 Å². The van der Waals surface area contributed by atoms with Crippen molar-refractivity contribution in [2.75, 3.05) is 18.0 Å². The first kappa shape index (κ1) is 15.2. The Kier molecular flexibility index (Phi) is 3.46. The van der Waals surface area contributed by atoms with Gasteiger partial charge in [0.05, 0.1) is 28.5 Å². The smallest absolute Gasteiger partial charge is 0.130 e. The fourth-order valence-electron chi connectivity index (χ4n) is 4.62. The predicted molar refractivity (Wildman–Crippen MR) is 107 cm³/mol. The van der Waals surface area contributed by atoms with Gasteiger partial charge >= 0.3 is 0 Å². The van der Waals surface area contributed by atoms with Crippen molar-refractivity contribution < 1.29 is 0 Å². The van der Waals surface area contributed by atoms with Crippen LogP contribution in [0.15, 0.2) is 39.2 Å². The molecule has 24 heavy (non-hydrogen) atoms. The van der Waals surface area contributed by atoms with Gasteiger partial charge in [-0.2, -0.15) is 0 Å². The number of para-hydroxylation sites is 1. The molecule has 2 atom stereocenters. The van der Waals surface area contributed by atoms with Crippen molar-refractivity contribution in [3.05, 3.63) is 45.3 Å². The van der Waals surface area contributed by atoms with E-state index < -0.39 is 0 Å². The molecule has 0 saturated heterocycles. The normalized spacial score (nSPS) is 28.0. The Bertz CT molecular complexity index is 824. The molecule has 2 unspecified atom stereocenters. The number of fused-ring (bicyclic) bond motifs is 4. The number of benzene rings is 1. The molecule has 1 aromatic carbocycles. The number of nitrogens with zero attached hydrogens (tertiary/aromatic N) is 3. The Morgan fingerprint density at radius 1 is 1.17 bits per heavy atom. The molecule has 0 aromatic heterocycles. The second kappa shape index (κ2) is 5.46. The zero-order chi connectivity index (χ0) is 16.4. The molecule has 0 radical (unpaired) electrons. The van der Waals surface area contributed by atoms with E-state index in [2.05, 4.69) is 71.8 Å². The fraction of sp³-hybridized carbons (Fsp3) is 0.421. The van der Waals surface area contributed by atoms with Crippen LogP contribution in [0.25, 0.3) is 5.70 Å². The number of hydrogen-bond donors (Lipinski definition) is 0. The van der Waals surface area contributed by atoms with Crippen LogP contribution in [0.2, 0.25) is 0 Å². The number of hydrogen-bond acceptors (Lipinski definition) is 3. The van der Waals surface area contributed by atoms with Crippen molar-refractivity contribution in [1.29, 1.82) is 0 Å². The van der Waals surface area contributed by atoms with Crippen molar-refractivity contribution >= 4 is 49.5 Å². The first-order chi connectivity index (χ1) is 11.7. The summed E-state index contributed by atoms with van der Waals surface area (Å²) in [6.07, 6.45) is 5.58. The third-order valence-corrected chi connectivity index (χ3v) is 7.12. The van der Waals surface area contributed by atoms with Gasteiger partial charge in [-0.3, -0.25) is 0 Å². The molecule has 124 valence electrons. The van der Waals surface area contributed by atoms with E-state index in [9.17, 15) is 0 Å². The summed E-state index contributed by atoms with van der Waals surface area (Å²) >= 11 is 7.73. The van der Waals surface area contributed by atoms with Crippen molar-refractivity contribution in [1.82, 2.24) is 4.90 Å². The Balaban J connectivity index is 1.87. The zero-order valence-electron chi connectivity index (χ0n) is 13.6. The summed E-state index contributed by atoms with van der Waals surface area (Å²) in [5.74, 6) is 0.564. The summed E-state index contributed by atoms with van der Waals surface area (Å²) in [7, 11) is 0. The highest BCUT2D eigenvalue weighted by Gasteiger charge is 2.41. The van der Waals surface area contributed by atoms with Crippen LogP contribution in [0.1, 0.15) is 30.9 Å². The summed E-state index contributed by atoms with van der Waals surface area (Å²) in [6, 6.07) is 6.74. The molecule has 1 aromatic rings. The number of alkyl halides is 1. The van der Waals surface area contributed by atoms with Gasteiger partial charge in [-0.05, 0) is 46.7 Å². The summed E-state index contributed by atoms with van der Waals surface area (Å²) in [5.41, 5.74) is 8.36. The van der Waals surface area contributed by atoms with Crippen LogP contribution in [0.3, 0.4) is 0 Å². The van der Waals surface area contributed by atoms with Crippen LogP contribution < -0.4 is 4.90 Å². The van der Waals surface area contributed by atoms with Crippen molar-refractivity contribution in [3.8, 4) is 0 Å². The number of halogens is 2. The minimum absolute atomic E-state index is 0.430. The maximum Gasteiger partial charge on any atom is 0.130 e. The highest BCUT2D eigenvalue weighted by molar-refractivity contribution is 9.11. The van der Waals surface area contributed by atoms with Gasteiger partial charge in [0.25, 0.3) is 0 Å². The Hall–Kier alpha value is -1.07. The third kappa shape index (κ3) is 1.97. The van der Waals surface area contributed by atoms with Gasteiger partial charge in [0, 0.05) is 24.0 Å². The van der Waals surface area contributed by atoms with E-state index in [1.807, 2.05) is 6.21 Å². The molecule has 0 fully saturated rings. The van der Waals surface area contributed by atoms with Crippen LogP contribution in [0, 0.1) is 5.92 Å². The number of aliphatic imine (C=N–C) groups is 1. The highest BCUT2D eigenvalue weighted by atomic mass is 79.9. The van der Waals surface area contributed by atoms with E-state index in [0.717, 1.165) is 24.1 Å². The Morgan fingerprint density at radius 2 is 2.04 bits per heavy atom. The molecule has 3 heterocycles. The van der Waals surface area contributed by atoms with Crippen molar-refractivity contribution in [2.24, 2.45) is 10.9 Å². The lowest BCUT2D eigenvalue weighted by Crippen LogP contribution is -2.37. The fourth-order valence-corrected chi connectivity index (χ4v) is 5.94. The van der Waals surface area contributed by atoms with E-state index in [1.54, 1.807) is 0 Å². The number of anilines is 1. The molecule has 5 heteroatoms. The molecule has 1 aliphatic carbocycles.